The zero-order valence-corrected chi connectivity index (χ0v) is 34.4. The summed E-state index contributed by atoms with van der Waals surface area (Å²) in [5.74, 6) is 4.34. The van der Waals surface area contributed by atoms with Gasteiger partial charge < -0.3 is 34.9 Å². The van der Waals surface area contributed by atoms with Gasteiger partial charge in [0, 0.05) is 41.3 Å². The van der Waals surface area contributed by atoms with Gasteiger partial charge in [-0.05, 0) is 101 Å². The fourth-order valence-electron chi connectivity index (χ4n) is 9.94. The van der Waals surface area contributed by atoms with Crippen LogP contribution in [0.3, 0.4) is 0 Å². The Hall–Kier alpha value is -7.39. The van der Waals surface area contributed by atoms with Gasteiger partial charge in [-0.25, -0.2) is 0 Å². The normalized spacial score (nSPS) is 23.8. The first-order chi connectivity index (χ1) is 30.8. The molecule has 3 saturated heterocycles. The van der Waals surface area contributed by atoms with Gasteiger partial charge in [-0.3, -0.25) is 19.3 Å². The molecule has 4 aliphatic rings. The third-order valence-electron chi connectivity index (χ3n) is 12.8. The van der Waals surface area contributed by atoms with Crippen molar-refractivity contribution in [3.05, 3.63) is 185 Å². The van der Waals surface area contributed by atoms with E-state index in [0.29, 0.717) is 47.0 Å². The lowest BCUT2D eigenvalue weighted by molar-refractivity contribution is -0.177. The Morgan fingerprint density at radius 3 is 2.10 bits per heavy atom. The van der Waals surface area contributed by atoms with Crippen LogP contribution in [0.25, 0.3) is 0 Å². The average Bonchev–Trinajstić information content (AvgIpc) is 3.81. The van der Waals surface area contributed by atoms with Gasteiger partial charge in [0.05, 0.1) is 38.3 Å². The number of carbonyl (C=O) groups is 3. The van der Waals surface area contributed by atoms with Crippen molar-refractivity contribution in [1.29, 1.82) is 0 Å². The Morgan fingerprint density at radius 2 is 1.41 bits per heavy atom. The van der Waals surface area contributed by atoms with E-state index in [1.165, 1.54) is 0 Å². The van der Waals surface area contributed by atoms with E-state index in [4.69, 9.17) is 14.2 Å². The molecule has 6 aromatic rings. The third-order valence-corrected chi connectivity index (χ3v) is 12.8. The SMILES string of the molecule is COc1ccc(C#Cc2ccc3c(c2)[C@]2(C(=O)N3)[C@H](c3ccc(O)cc3)N3[C@H](c4ccccc4)[C@H](c4ccccc4)OC(=O)[C@H]3[C@@H]2C(=O)Nc2ccc(N3CCOCC3)cc2)cc1. The predicted molar refractivity (Wildman–Crippen MR) is 238 cm³/mol. The quantitative estimate of drug-likeness (QED) is 0.110. The van der Waals surface area contributed by atoms with Gasteiger partial charge in [0.1, 0.15) is 29.1 Å². The zero-order chi connectivity index (χ0) is 43.1. The summed E-state index contributed by atoms with van der Waals surface area (Å²) in [6, 6.07) is 43.6. The Kier molecular flexibility index (Phi) is 10.4. The van der Waals surface area contributed by atoms with Crippen molar-refractivity contribution in [1.82, 2.24) is 4.90 Å². The number of amides is 2. The van der Waals surface area contributed by atoms with Crippen LogP contribution in [0.5, 0.6) is 11.5 Å². The van der Waals surface area contributed by atoms with Crippen molar-refractivity contribution >= 4 is 34.8 Å². The maximum atomic E-state index is 15.6. The van der Waals surface area contributed by atoms with Crippen LogP contribution in [0, 0.1) is 17.8 Å². The second-order valence-electron chi connectivity index (χ2n) is 16.2. The number of methoxy groups -OCH3 is 1. The highest BCUT2D eigenvalue weighted by molar-refractivity contribution is 6.13. The van der Waals surface area contributed by atoms with Crippen molar-refractivity contribution < 1.29 is 33.7 Å². The van der Waals surface area contributed by atoms with Crippen LogP contribution in [-0.2, 0) is 29.3 Å². The molecule has 10 rings (SSSR count). The standard InChI is InChI=1S/C52H44N4O7/c1-61-41-25-14-33(15-26-41)12-13-34-16-27-43-42(32-34)52(51(60)54-43)44(49(58)53-38-19-21-39(22-20-38)55-28-30-62-31-29-55)46-50(59)63-47(36-10-6-3-7-11-36)45(35-8-4-2-5-9-35)56(46)48(52)37-17-23-40(57)24-18-37/h2-11,14-27,32,44-48,57H,28-31H2,1H3,(H,53,58)(H,54,60)/t44-,45-,46-,47+,48+,52-/m1/s1. The lowest BCUT2D eigenvalue weighted by Crippen LogP contribution is -2.53. The largest absolute Gasteiger partial charge is 0.508 e. The van der Waals surface area contributed by atoms with E-state index < -0.39 is 53.3 Å². The minimum atomic E-state index is -1.72. The number of nitrogens with one attached hydrogen (secondary N) is 2. The van der Waals surface area contributed by atoms with Crippen LogP contribution in [0.4, 0.5) is 17.1 Å². The molecule has 4 aliphatic heterocycles. The summed E-state index contributed by atoms with van der Waals surface area (Å²) in [6.45, 7) is 2.77. The number of aromatic hydroxyl groups is 1. The predicted octanol–water partition coefficient (Wildman–Crippen LogP) is 7.55. The van der Waals surface area contributed by atoms with Gasteiger partial charge >= 0.3 is 5.97 Å². The van der Waals surface area contributed by atoms with Crippen LogP contribution in [0.1, 0.15) is 51.6 Å². The van der Waals surface area contributed by atoms with Gasteiger partial charge in [0.2, 0.25) is 11.8 Å². The molecule has 0 unspecified atom stereocenters. The number of fused-ring (bicyclic) bond motifs is 3. The number of hydrogen-bond donors (Lipinski definition) is 3. The summed E-state index contributed by atoms with van der Waals surface area (Å²) >= 11 is 0. The van der Waals surface area contributed by atoms with Gasteiger partial charge in [0.25, 0.3) is 0 Å². The number of ether oxygens (including phenoxy) is 3. The number of cyclic esters (lactones) is 1. The molecule has 4 heterocycles. The summed E-state index contributed by atoms with van der Waals surface area (Å²) in [4.78, 5) is 50.4. The molecule has 0 aliphatic carbocycles. The number of hydrogen-bond acceptors (Lipinski definition) is 9. The van der Waals surface area contributed by atoms with Crippen molar-refractivity contribution in [3.63, 3.8) is 0 Å². The molecule has 6 atom stereocenters. The van der Waals surface area contributed by atoms with Gasteiger partial charge in [-0.15, -0.1) is 0 Å². The molecule has 0 aromatic heterocycles. The van der Waals surface area contributed by atoms with E-state index in [-0.39, 0.29) is 5.75 Å². The van der Waals surface area contributed by atoms with Gasteiger partial charge in [-0.2, -0.15) is 0 Å². The maximum absolute atomic E-state index is 15.6. The number of phenolic OH excluding ortho intramolecular Hbond substituents is 1. The van der Waals surface area contributed by atoms with Crippen LogP contribution in [0.15, 0.2) is 152 Å². The molecule has 0 radical (unpaired) electrons. The minimum Gasteiger partial charge on any atom is -0.508 e. The number of esters is 1. The first-order valence-corrected chi connectivity index (χ1v) is 21.1. The number of nitrogens with zero attached hydrogens (tertiary/aromatic N) is 2. The second-order valence-corrected chi connectivity index (χ2v) is 16.2. The molecule has 0 bridgehead atoms. The highest BCUT2D eigenvalue weighted by Crippen LogP contribution is 2.65. The molecule has 2 amide bonds. The van der Waals surface area contributed by atoms with E-state index in [2.05, 4.69) is 27.4 Å². The van der Waals surface area contributed by atoms with Crippen molar-refractivity contribution in [2.24, 2.45) is 5.92 Å². The molecular formula is C52H44N4O7. The minimum absolute atomic E-state index is 0.0318. The van der Waals surface area contributed by atoms with Crippen LogP contribution >= 0.6 is 0 Å². The van der Waals surface area contributed by atoms with E-state index in [0.717, 1.165) is 35.5 Å². The summed E-state index contributed by atoms with van der Waals surface area (Å²) in [6.07, 6.45) is -0.811. The topological polar surface area (TPSA) is 130 Å². The molecule has 0 saturated carbocycles. The van der Waals surface area contributed by atoms with Crippen LogP contribution in [0.2, 0.25) is 0 Å². The lowest BCUT2D eigenvalue weighted by atomic mass is 9.65. The van der Waals surface area contributed by atoms with E-state index in [1.807, 2.05) is 132 Å². The third kappa shape index (κ3) is 7.03. The van der Waals surface area contributed by atoms with Crippen molar-refractivity contribution in [2.45, 2.75) is 29.6 Å². The van der Waals surface area contributed by atoms with Crippen molar-refractivity contribution in [2.75, 3.05) is 48.9 Å². The van der Waals surface area contributed by atoms with Gasteiger partial charge in [-0.1, -0.05) is 84.6 Å². The highest BCUT2D eigenvalue weighted by atomic mass is 16.6. The molecular weight excluding hydrogens is 793 g/mol. The molecule has 3 fully saturated rings. The van der Waals surface area contributed by atoms with Gasteiger partial charge in [0.15, 0.2) is 0 Å². The zero-order valence-electron chi connectivity index (χ0n) is 34.4. The van der Waals surface area contributed by atoms with Crippen LogP contribution in [-0.4, -0.2) is 67.2 Å². The van der Waals surface area contributed by atoms with Crippen LogP contribution < -0.4 is 20.3 Å². The monoisotopic (exact) mass is 836 g/mol. The first-order valence-electron chi connectivity index (χ1n) is 21.1. The summed E-state index contributed by atoms with van der Waals surface area (Å²) < 4.78 is 17.4. The summed E-state index contributed by atoms with van der Waals surface area (Å²) in [5, 5.41) is 16.9. The first kappa shape index (κ1) is 39.7. The Morgan fingerprint density at radius 1 is 0.762 bits per heavy atom. The molecule has 63 heavy (non-hydrogen) atoms. The average molecular weight is 837 g/mol. The molecule has 11 nitrogen and oxygen atoms in total. The molecule has 314 valence electrons. The highest BCUT2D eigenvalue weighted by Gasteiger charge is 2.74. The molecule has 1 spiro atoms. The molecule has 11 heteroatoms. The maximum Gasteiger partial charge on any atom is 0.324 e. The second kappa shape index (κ2) is 16.5. The number of carbonyl (C=O) groups excluding carboxylic acids is 3. The number of phenols is 1. The lowest BCUT2D eigenvalue weighted by Gasteiger charge is -2.46. The van der Waals surface area contributed by atoms with Crippen molar-refractivity contribution in [3.8, 4) is 23.3 Å². The van der Waals surface area contributed by atoms with E-state index in [9.17, 15) is 5.11 Å². The number of morpholine rings is 2. The number of anilines is 3. The Bertz CT molecular complexity index is 2730. The summed E-state index contributed by atoms with van der Waals surface area (Å²) in [5.41, 5.74) is 4.42. The smallest absolute Gasteiger partial charge is 0.324 e. The number of benzene rings is 6. The van der Waals surface area contributed by atoms with E-state index >= 15 is 14.4 Å². The van der Waals surface area contributed by atoms with E-state index in [1.54, 1.807) is 31.4 Å². The molecule has 6 aromatic carbocycles. The fraction of sp³-hybridized carbons (Fsp3) is 0.212. The Labute approximate surface area is 365 Å². The Balaban J connectivity index is 1.18. The fourth-order valence-corrected chi connectivity index (χ4v) is 9.94. The molecule has 3 N–H and O–H groups in total. The number of rotatable bonds is 7. The summed E-state index contributed by atoms with van der Waals surface area (Å²) in [7, 11) is 1.61.